The van der Waals surface area contributed by atoms with Gasteiger partial charge in [0, 0.05) is 31.1 Å². The number of benzene rings is 1. The highest BCUT2D eigenvalue weighted by atomic mass is 19.1. The van der Waals surface area contributed by atoms with Crippen LogP contribution in [0, 0.1) is 5.82 Å². The van der Waals surface area contributed by atoms with Gasteiger partial charge in [-0.05, 0) is 36.4 Å². The molecule has 33 heavy (non-hydrogen) atoms. The van der Waals surface area contributed by atoms with E-state index in [1.807, 2.05) is 0 Å². The zero-order valence-corrected chi connectivity index (χ0v) is 18.1. The van der Waals surface area contributed by atoms with Crippen LogP contribution in [0.3, 0.4) is 0 Å². The lowest BCUT2D eigenvalue weighted by Crippen LogP contribution is -2.27. The van der Waals surface area contributed by atoms with Gasteiger partial charge in [0.15, 0.2) is 0 Å². The molecule has 0 atom stereocenters. The summed E-state index contributed by atoms with van der Waals surface area (Å²) < 4.78 is 25.1. The molecule has 0 aliphatic carbocycles. The molecule has 1 N–H and O–H groups in total. The number of hydrogen-bond acceptors (Lipinski definition) is 6. The number of nitrogens with one attached hydrogen (secondary N) is 1. The van der Waals surface area contributed by atoms with E-state index in [9.17, 15) is 14.0 Å². The van der Waals surface area contributed by atoms with Crippen LogP contribution in [-0.2, 0) is 4.74 Å². The van der Waals surface area contributed by atoms with Gasteiger partial charge in [-0.25, -0.2) is 19.2 Å². The van der Waals surface area contributed by atoms with Crippen molar-refractivity contribution in [2.45, 2.75) is 0 Å². The first kappa shape index (κ1) is 21.8. The molecule has 2 amide bonds. The molecule has 0 saturated carbocycles. The number of fused-ring (bicyclic) bond motifs is 1. The molecular weight excluding hydrogens is 429 g/mol. The van der Waals surface area contributed by atoms with Gasteiger partial charge in [0.1, 0.15) is 23.0 Å². The Labute approximate surface area is 188 Å². The van der Waals surface area contributed by atoms with E-state index in [1.54, 1.807) is 54.3 Å². The van der Waals surface area contributed by atoms with Crippen LogP contribution < -0.4 is 15.0 Å². The van der Waals surface area contributed by atoms with E-state index in [0.29, 0.717) is 28.4 Å². The van der Waals surface area contributed by atoms with Gasteiger partial charge in [0.05, 0.1) is 37.4 Å². The van der Waals surface area contributed by atoms with Crippen molar-refractivity contribution in [2.75, 3.05) is 31.5 Å². The Hall–Kier alpha value is -4.47. The summed E-state index contributed by atoms with van der Waals surface area (Å²) in [6.07, 6.45) is 4.31. The van der Waals surface area contributed by atoms with Gasteiger partial charge in [-0.3, -0.25) is 14.5 Å². The van der Waals surface area contributed by atoms with Crippen LogP contribution in [0.1, 0.15) is 10.4 Å². The lowest BCUT2D eigenvalue weighted by molar-refractivity contribution is 0.0992. The summed E-state index contributed by atoms with van der Waals surface area (Å²) >= 11 is 0. The number of carbonyl (C=O) groups is 2. The number of pyridine rings is 2. The van der Waals surface area contributed by atoms with Crippen molar-refractivity contribution < 1.29 is 23.5 Å². The van der Waals surface area contributed by atoms with E-state index in [-0.39, 0.29) is 11.7 Å². The third-order valence-electron chi connectivity index (χ3n) is 5.04. The van der Waals surface area contributed by atoms with Crippen LogP contribution in [0.4, 0.5) is 20.7 Å². The van der Waals surface area contributed by atoms with Crippen molar-refractivity contribution in [2.24, 2.45) is 0 Å². The van der Waals surface area contributed by atoms with Crippen LogP contribution in [0.15, 0.2) is 61.1 Å². The van der Waals surface area contributed by atoms with Crippen LogP contribution in [0.5, 0.6) is 5.75 Å². The number of amides is 2. The van der Waals surface area contributed by atoms with Gasteiger partial charge in [-0.15, -0.1) is 0 Å². The van der Waals surface area contributed by atoms with Gasteiger partial charge in [0.2, 0.25) is 0 Å². The molecule has 168 valence electrons. The molecule has 0 bridgehead atoms. The molecule has 1 aromatic carbocycles. The first-order valence-electron chi connectivity index (χ1n) is 9.81. The summed E-state index contributed by atoms with van der Waals surface area (Å²) in [7, 11) is 4.28. The van der Waals surface area contributed by atoms with Gasteiger partial charge in [0.25, 0.3) is 5.91 Å². The Morgan fingerprint density at radius 1 is 1.06 bits per heavy atom. The Bertz CT molecular complexity index is 1340. The normalized spacial score (nSPS) is 10.7. The van der Waals surface area contributed by atoms with Crippen molar-refractivity contribution in [3.63, 3.8) is 0 Å². The minimum atomic E-state index is -0.616. The zero-order valence-electron chi connectivity index (χ0n) is 18.1. The third kappa shape index (κ3) is 4.31. The zero-order chi connectivity index (χ0) is 23.5. The minimum Gasteiger partial charge on any atom is -0.494 e. The fourth-order valence-corrected chi connectivity index (χ4v) is 3.33. The monoisotopic (exact) mass is 449 g/mol. The molecular formula is C23H20FN5O4. The van der Waals surface area contributed by atoms with Gasteiger partial charge in [-0.2, -0.15) is 0 Å². The molecule has 0 radical (unpaired) electrons. The number of halogens is 1. The SMILES string of the molecule is COC(=O)Nc1ccc(-c2cnc3ccc(C(=O)N(C)c4ccc(F)cc4OC)cn23)cn1. The second-order valence-corrected chi connectivity index (χ2v) is 7.02. The second kappa shape index (κ2) is 8.95. The van der Waals surface area contributed by atoms with Crippen LogP contribution in [-0.4, -0.2) is 47.6 Å². The molecule has 0 fully saturated rings. The molecule has 9 nitrogen and oxygen atoms in total. The number of imidazole rings is 1. The quantitative estimate of drug-likeness (QED) is 0.495. The van der Waals surface area contributed by atoms with Crippen molar-refractivity contribution in [3.8, 4) is 17.0 Å². The number of nitrogens with zero attached hydrogens (tertiary/aromatic N) is 4. The minimum absolute atomic E-state index is 0.252. The molecule has 0 spiro atoms. The number of aromatic nitrogens is 3. The molecule has 4 aromatic rings. The summed E-state index contributed by atoms with van der Waals surface area (Å²) in [6, 6.07) is 10.8. The Morgan fingerprint density at radius 3 is 2.58 bits per heavy atom. The molecule has 0 aliphatic heterocycles. The smallest absolute Gasteiger partial charge is 0.412 e. The number of ether oxygens (including phenoxy) is 2. The molecule has 3 aromatic heterocycles. The highest BCUT2D eigenvalue weighted by Gasteiger charge is 2.19. The topological polar surface area (TPSA) is 98.1 Å². The first-order valence-corrected chi connectivity index (χ1v) is 9.81. The lowest BCUT2D eigenvalue weighted by atomic mass is 10.2. The lowest BCUT2D eigenvalue weighted by Gasteiger charge is -2.20. The first-order chi connectivity index (χ1) is 15.9. The maximum absolute atomic E-state index is 13.5. The van der Waals surface area contributed by atoms with Crippen molar-refractivity contribution in [3.05, 3.63) is 72.4 Å². The summed E-state index contributed by atoms with van der Waals surface area (Å²) in [5, 5.41) is 2.49. The number of methoxy groups -OCH3 is 2. The predicted octanol–water partition coefficient (Wildman–Crippen LogP) is 4.00. The number of anilines is 2. The second-order valence-electron chi connectivity index (χ2n) is 7.02. The van der Waals surface area contributed by atoms with E-state index in [1.165, 1.54) is 37.3 Å². The van der Waals surface area contributed by atoms with Gasteiger partial charge < -0.3 is 14.4 Å². The Morgan fingerprint density at radius 2 is 1.88 bits per heavy atom. The standard InChI is InChI=1S/C23H20FN5O4/c1-28(17-7-6-16(24)10-19(17)32-2)22(30)15-5-9-21-26-12-18(29(21)13-15)14-4-8-20(25-11-14)27-23(31)33-3/h4-13H,1-3H3,(H,25,27,31). The van der Waals surface area contributed by atoms with Crippen LogP contribution >= 0.6 is 0 Å². The average molecular weight is 449 g/mol. The predicted molar refractivity (Wildman–Crippen MR) is 120 cm³/mol. The van der Waals surface area contributed by atoms with Crippen LogP contribution in [0.2, 0.25) is 0 Å². The Kier molecular flexibility index (Phi) is 5.90. The highest BCUT2D eigenvalue weighted by molar-refractivity contribution is 6.06. The number of rotatable bonds is 5. The molecule has 0 saturated heterocycles. The van der Waals surface area contributed by atoms with Crippen molar-refractivity contribution in [1.82, 2.24) is 14.4 Å². The average Bonchev–Trinajstić information content (AvgIpc) is 3.26. The van der Waals surface area contributed by atoms with Crippen molar-refractivity contribution >= 4 is 29.2 Å². The van der Waals surface area contributed by atoms with Gasteiger partial charge >= 0.3 is 6.09 Å². The number of carbonyl (C=O) groups excluding carboxylic acids is 2. The maximum Gasteiger partial charge on any atom is 0.412 e. The summed E-state index contributed by atoms with van der Waals surface area (Å²) in [4.78, 5) is 34.5. The third-order valence-corrected chi connectivity index (χ3v) is 5.04. The largest absolute Gasteiger partial charge is 0.494 e. The molecule has 0 aliphatic rings. The fraction of sp³-hybridized carbons (Fsp3) is 0.130. The van der Waals surface area contributed by atoms with E-state index >= 15 is 0 Å². The molecule has 0 unspecified atom stereocenters. The van der Waals surface area contributed by atoms with E-state index in [2.05, 4.69) is 20.0 Å². The van der Waals surface area contributed by atoms with E-state index < -0.39 is 11.9 Å². The Balaban J connectivity index is 1.65. The number of hydrogen-bond donors (Lipinski definition) is 1. The van der Waals surface area contributed by atoms with Crippen molar-refractivity contribution in [1.29, 1.82) is 0 Å². The molecule has 10 heteroatoms. The van der Waals surface area contributed by atoms with E-state index in [4.69, 9.17) is 4.74 Å². The molecule has 3 heterocycles. The highest BCUT2D eigenvalue weighted by Crippen LogP contribution is 2.29. The summed E-state index contributed by atoms with van der Waals surface area (Å²) in [5.41, 5.74) is 2.91. The maximum atomic E-state index is 13.5. The van der Waals surface area contributed by atoms with Gasteiger partial charge in [-0.1, -0.05) is 0 Å². The summed E-state index contributed by atoms with van der Waals surface area (Å²) in [5.74, 6) is -0.174. The summed E-state index contributed by atoms with van der Waals surface area (Å²) in [6.45, 7) is 0. The fourth-order valence-electron chi connectivity index (χ4n) is 3.33. The van der Waals surface area contributed by atoms with E-state index in [0.717, 1.165) is 5.56 Å². The van der Waals surface area contributed by atoms with Crippen LogP contribution in [0.25, 0.3) is 16.9 Å². The molecule has 4 rings (SSSR count).